The van der Waals surface area contributed by atoms with Gasteiger partial charge in [0.1, 0.15) is 0 Å². The van der Waals surface area contributed by atoms with Crippen molar-refractivity contribution in [3.05, 3.63) is 35.4 Å². The van der Waals surface area contributed by atoms with Gasteiger partial charge in [0.25, 0.3) is 0 Å². The molecule has 0 bridgehead atoms. The SMILES string of the molecule is CCC(C)C(=O)NCc1ccc(CCN)cc1. The molecule has 1 atom stereocenters. The van der Waals surface area contributed by atoms with Gasteiger partial charge in [0.05, 0.1) is 0 Å². The molecule has 1 amide bonds. The zero-order valence-electron chi connectivity index (χ0n) is 10.7. The highest BCUT2D eigenvalue weighted by atomic mass is 16.1. The van der Waals surface area contributed by atoms with Crippen molar-refractivity contribution in [3.63, 3.8) is 0 Å². The minimum atomic E-state index is 0.0894. The van der Waals surface area contributed by atoms with Gasteiger partial charge in [-0.15, -0.1) is 0 Å². The lowest BCUT2D eigenvalue weighted by Gasteiger charge is -2.10. The fraction of sp³-hybridized carbons (Fsp3) is 0.500. The molecule has 3 heteroatoms. The van der Waals surface area contributed by atoms with Crippen molar-refractivity contribution in [2.75, 3.05) is 6.54 Å². The van der Waals surface area contributed by atoms with Crippen molar-refractivity contribution >= 4 is 5.91 Å². The van der Waals surface area contributed by atoms with E-state index in [1.54, 1.807) is 0 Å². The lowest BCUT2D eigenvalue weighted by Crippen LogP contribution is -2.28. The van der Waals surface area contributed by atoms with Crippen LogP contribution in [0.2, 0.25) is 0 Å². The molecule has 0 saturated heterocycles. The molecule has 1 rings (SSSR count). The Morgan fingerprint density at radius 2 is 1.88 bits per heavy atom. The molecule has 3 N–H and O–H groups in total. The van der Waals surface area contributed by atoms with Gasteiger partial charge >= 0.3 is 0 Å². The van der Waals surface area contributed by atoms with Gasteiger partial charge in [0.2, 0.25) is 5.91 Å². The van der Waals surface area contributed by atoms with Crippen molar-refractivity contribution in [2.24, 2.45) is 11.7 Å². The van der Waals surface area contributed by atoms with Crippen LogP contribution in [0.15, 0.2) is 24.3 Å². The summed E-state index contributed by atoms with van der Waals surface area (Å²) in [7, 11) is 0. The van der Waals surface area contributed by atoms with Gasteiger partial charge < -0.3 is 11.1 Å². The van der Waals surface area contributed by atoms with E-state index in [1.807, 2.05) is 26.0 Å². The zero-order valence-corrected chi connectivity index (χ0v) is 10.7. The van der Waals surface area contributed by atoms with Gasteiger partial charge in [-0.3, -0.25) is 4.79 Å². The third kappa shape index (κ3) is 4.57. The summed E-state index contributed by atoms with van der Waals surface area (Å²) in [5.74, 6) is 0.213. The van der Waals surface area contributed by atoms with Crippen LogP contribution >= 0.6 is 0 Å². The molecule has 1 aromatic rings. The molecule has 0 aliphatic carbocycles. The smallest absolute Gasteiger partial charge is 0.223 e. The maximum absolute atomic E-state index is 11.6. The van der Waals surface area contributed by atoms with Gasteiger partial charge in [0, 0.05) is 12.5 Å². The van der Waals surface area contributed by atoms with Crippen molar-refractivity contribution in [1.29, 1.82) is 0 Å². The van der Waals surface area contributed by atoms with Crippen LogP contribution in [0.25, 0.3) is 0 Å². The average molecular weight is 234 g/mol. The molecule has 0 radical (unpaired) electrons. The van der Waals surface area contributed by atoms with Crippen LogP contribution in [-0.2, 0) is 17.8 Å². The molecule has 1 aromatic carbocycles. The van der Waals surface area contributed by atoms with E-state index in [2.05, 4.69) is 17.4 Å². The van der Waals surface area contributed by atoms with Crippen molar-refractivity contribution in [3.8, 4) is 0 Å². The van der Waals surface area contributed by atoms with Crippen LogP contribution in [0.1, 0.15) is 31.4 Å². The van der Waals surface area contributed by atoms with E-state index in [0.717, 1.165) is 18.4 Å². The van der Waals surface area contributed by atoms with Crippen LogP contribution in [-0.4, -0.2) is 12.5 Å². The van der Waals surface area contributed by atoms with Gasteiger partial charge in [-0.25, -0.2) is 0 Å². The molecule has 0 aromatic heterocycles. The van der Waals surface area contributed by atoms with Gasteiger partial charge in [-0.05, 0) is 30.5 Å². The number of nitrogens with one attached hydrogen (secondary N) is 1. The van der Waals surface area contributed by atoms with E-state index in [1.165, 1.54) is 5.56 Å². The summed E-state index contributed by atoms with van der Waals surface area (Å²) in [6.45, 7) is 5.24. The molecule has 94 valence electrons. The normalized spacial score (nSPS) is 12.2. The molecule has 0 aliphatic heterocycles. The van der Waals surface area contributed by atoms with Gasteiger partial charge in [-0.1, -0.05) is 38.1 Å². The Morgan fingerprint density at radius 1 is 1.29 bits per heavy atom. The number of rotatable bonds is 6. The first-order chi connectivity index (χ1) is 8.17. The van der Waals surface area contributed by atoms with Crippen LogP contribution in [0.4, 0.5) is 0 Å². The minimum absolute atomic E-state index is 0.0894. The second-order valence-corrected chi connectivity index (χ2v) is 4.38. The molecule has 0 fully saturated rings. The Labute approximate surface area is 103 Å². The molecular formula is C14H22N2O. The minimum Gasteiger partial charge on any atom is -0.352 e. The number of benzene rings is 1. The molecule has 0 saturated carbocycles. The van der Waals surface area contributed by atoms with Crippen LogP contribution < -0.4 is 11.1 Å². The summed E-state index contributed by atoms with van der Waals surface area (Å²) in [5, 5.41) is 2.94. The molecule has 0 aliphatic rings. The van der Waals surface area contributed by atoms with Gasteiger partial charge in [-0.2, -0.15) is 0 Å². The Kier molecular flexibility index (Phi) is 5.70. The molecule has 1 unspecified atom stereocenters. The van der Waals surface area contributed by atoms with Gasteiger partial charge in [0.15, 0.2) is 0 Å². The number of carbonyl (C=O) groups is 1. The maximum atomic E-state index is 11.6. The van der Waals surface area contributed by atoms with Crippen LogP contribution in [0, 0.1) is 5.92 Å². The quantitative estimate of drug-likeness (QED) is 0.789. The average Bonchev–Trinajstić information content (AvgIpc) is 2.37. The summed E-state index contributed by atoms with van der Waals surface area (Å²) in [6, 6.07) is 8.22. The molecule has 17 heavy (non-hydrogen) atoms. The topological polar surface area (TPSA) is 55.1 Å². The van der Waals surface area contributed by atoms with Crippen LogP contribution in [0.3, 0.4) is 0 Å². The third-order valence-corrected chi connectivity index (χ3v) is 2.98. The predicted octanol–water partition coefficient (Wildman–Crippen LogP) is 1.85. The Balaban J connectivity index is 2.44. The Morgan fingerprint density at radius 3 is 2.41 bits per heavy atom. The summed E-state index contributed by atoms with van der Waals surface area (Å²) in [6.07, 6.45) is 1.78. The molecule has 0 spiro atoms. The second-order valence-electron chi connectivity index (χ2n) is 4.38. The molecule has 3 nitrogen and oxygen atoms in total. The lowest BCUT2D eigenvalue weighted by atomic mass is 10.1. The van der Waals surface area contributed by atoms with E-state index in [0.29, 0.717) is 13.1 Å². The second kappa shape index (κ2) is 7.07. The Bertz CT molecular complexity index is 346. The third-order valence-electron chi connectivity index (χ3n) is 2.98. The highest BCUT2D eigenvalue weighted by Crippen LogP contribution is 2.06. The highest BCUT2D eigenvalue weighted by molar-refractivity contribution is 5.78. The maximum Gasteiger partial charge on any atom is 0.223 e. The molecule has 0 heterocycles. The first-order valence-electron chi connectivity index (χ1n) is 6.23. The number of hydrogen-bond donors (Lipinski definition) is 2. The fourth-order valence-electron chi connectivity index (χ4n) is 1.54. The number of hydrogen-bond acceptors (Lipinski definition) is 2. The summed E-state index contributed by atoms with van der Waals surface area (Å²) >= 11 is 0. The van der Waals surface area contributed by atoms with E-state index >= 15 is 0 Å². The first kappa shape index (κ1) is 13.7. The highest BCUT2D eigenvalue weighted by Gasteiger charge is 2.09. The monoisotopic (exact) mass is 234 g/mol. The number of nitrogens with two attached hydrogens (primary N) is 1. The zero-order chi connectivity index (χ0) is 12.7. The summed E-state index contributed by atoms with van der Waals surface area (Å²) < 4.78 is 0. The standard InChI is InChI=1S/C14H22N2O/c1-3-11(2)14(17)16-10-13-6-4-12(5-7-13)8-9-15/h4-7,11H,3,8-10,15H2,1-2H3,(H,16,17). The van der Waals surface area contributed by atoms with Crippen molar-refractivity contribution < 1.29 is 4.79 Å². The number of carbonyl (C=O) groups excluding carboxylic acids is 1. The van der Waals surface area contributed by atoms with Crippen LogP contribution in [0.5, 0.6) is 0 Å². The number of amides is 1. The van der Waals surface area contributed by atoms with Crippen molar-refractivity contribution in [2.45, 2.75) is 33.2 Å². The summed E-state index contributed by atoms with van der Waals surface area (Å²) in [5.41, 5.74) is 7.86. The first-order valence-corrected chi connectivity index (χ1v) is 6.23. The van der Waals surface area contributed by atoms with E-state index < -0.39 is 0 Å². The van der Waals surface area contributed by atoms with Crippen molar-refractivity contribution in [1.82, 2.24) is 5.32 Å². The molecular weight excluding hydrogens is 212 g/mol. The largest absolute Gasteiger partial charge is 0.352 e. The predicted molar refractivity (Wildman–Crippen MR) is 70.5 cm³/mol. The van der Waals surface area contributed by atoms with E-state index in [4.69, 9.17) is 5.73 Å². The lowest BCUT2D eigenvalue weighted by molar-refractivity contribution is -0.124. The van der Waals surface area contributed by atoms with E-state index in [9.17, 15) is 4.79 Å². The summed E-state index contributed by atoms with van der Waals surface area (Å²) in [4.78, 5) is 11.6. The fourth-order valence-corrected chi connectivity index (χ4v) is 1.54. The Hall–Kier alpha value is -1.35. The van der Waals surface area contributed by atoms with E-state index in [-0.39, 0.29) is 11.8 Å².